The third kappa shape index (κ3) is 1.39. The molecular formula is C9H16N2. The summed E-state index contributed by atoms with van der Waals surface area (Å²) in [7, 11) is 0. The fraction of sp³-hybridized carbons (Fsp3) is 0.889. The molecule has 0 aromatic heterocycles. The average Bonchev–Trinajstić information content (AvgIpc) is 2.04. The highest BCUT2D eigenvalue weighted by atomic mass is 15.0. The molecule has 2 heteroatoms. The summed E-state index contributed by atoms with van der Waals surface area (Å²) in [4.78, 5) is 0. The molecule has 62 valence electrons. The zero-order chi connectivity index (χ0) is 8.32. The Balaban J connectivity index is 2.43. The molecule has 1 saturated carbocycles. The Kier molecular flexibility index (Phi) is 2.51. The van der Waals surface area contributed by atoms with Gasteiger partial charge in [-0.25, -0.2) is 0 Å². The van der Waals surface area contributed by atoms with E-state index in [9.17, 15) is 0 Å². The summed E-state index contributed by atoms with van der Waals surface area (Å²) in [5, 5.41) is 12.2. The van der Waals surface area contributed by atoms with Crippen molar-refractivity contribution in [2.45, 2.75) is 38.6 Å². The van der Waals surface area contributed by atoms with Crippen LogP contribution in [0.4, 0.5) is 0 Å². The lowest BCUT2D eigenvalue weighted by Crippen LogP contribution is -2.56. The third-order valence-corrected chi connectivity index (χ3v) is 2.70. The first-order chi connectivity index (χ1) is 5.25. The van der Waals surface area contributed by atoms with Gasteiger partial charge in [-0.1, -0.05) is 13.8 Å². The van der Waals surface area contributed by atoms with Crippen molar-refractivity contribution in [1.82, 2.24) is 5.32 Å². The van der Waals surface area contributed by atoms with Crippen molar-refractivity contribution >= 4 is 0 Å². The van der Waals surface area contributed by atoms with Gasteiger partial charge in [-0.15, -0.1) is 0 Å². The zero-order valence-electron chi connectivity index (χ0n) is 7.35. The van der Waals surface area contributed by atoms with Crippen LogP contribution in [-0.4, -0.2) is 12.1 Å². The number of nitriles is 1. The first kappa shape index (κ1) is 8.55. The van der Waals surface area contributed by atoms with Gasteiger partial charge < -0.3 is 0 Å². The summed E-state index contributed by atoms with van der Waals surface area (Å²) in [5.41, 5.74) is -0.171. The van der Waals surface area contributed by atoms with E-state index in [0.717, 1.165) is 19.4 Å². The lowest BCUT2D eigenvalue weighted by Gasteiger charge is -2.43. The van der Waals surface area contributed by atoms with Crippen LogP contribution in [0.1, 0.15) is 33.1 Å². The molecule has 0 saturated heterocycles. The van der Waals surface area contributed by atoms with Crippen molar-refractivity contribution in [2.75, 3.05) is 6.54 Å². The van der Waals surface area contributed by atoms with Gasteiger partial charge in [-0.05, 0) is 31.7 Å². The lowest BCUT2D eigenvalue weighted by molar-refractivity contribution is 0.157. The molecule has 0 aromatic carbocycles. The van der Waals surface area contributed by atoms with Crippen molar-refractivity contribution in [3.63, 3.8) is 0 Å². The van der Waals surface area contributed by atoms with Crippen molar-refractivity contribution in [1.29, 1.82) is 5.26 Å². The van der Waals surface area contributed by atoms with Gasteiger partial charge in [0.15, 0.2) is 0 Å². The highest BCUT2D eigenvalue weighted by Crippen LogP contribution is 2.37. The van der Waals surface area contributed by atoms with Gasteiger partial charge in [0.05, 0.1) is 6.07 Å². The van der Waals surface area contributed by atoms with Crippen LogP contribution in [0.25, 0.3) is 0 Å². The van der Waals surface area contributed by atoms with E-state index in [1.54, 1.807) is 0 Å². The normalized spacial score (nSPS) is 35.9. The molecule has 0 aliphatic heterocycles. The summed E-state index contributed by atoms with van der Waals surface area (Å²) in [6.07, 6.45) is 3.34. The molecule has 1 N–H and O–H groups in total. The Hall–Kier alpha value is -0.550. The molecule has 2 atom stereocenters. The monoisotopic (exact) mass is 152 g/mol. The standard InChI is InChI=1S/C9H16N2/c1-3-6-11-9(7-10)5-4-8(9)2/h8,11H,3-6H2,1-2H3. The van der Waals surface area contributed by atoms with Gasteiger partial charge in [-0.2, -0.15) is 5.26 Å². The molecule has 2 nitrogen and oxygen atoms in total. The van der Waals surface area contributed by atoms with E-state index in [1.165, 1.54) is 6.42 Å². The van der Waals surface area contributed by atoms with E-state index in [2.05, 4.69) is 25.2 Å². The second-order valence-electron chi connectivity index (χ2n) is 3.45. The molecule has 2 unspecified atom stereocenters. The highest BCUT2D eigenvalue weighted by Gasteiger charge is 2.43. The van der Waals surface area contributed by atoms with Crippen LogP contribution in [0, 0.1) is 17.2 Å². The Labute approximate surface area is 68.6 Å². The largest absolute Gasteiger partial charge is 0.299 e. The van der Waals surface area contributed by atoms with Gasteiger partial charge in [0, 0.05) is 0 Å². The maximum absolute atomic E-state index is 8.92. The van der Waals surface area contributed by atoms with Crippen molar-refractivity contribution in [3.8, 4) is 6.07 Å². The Morgan fingerprint density at radius 2 is 2.45 bits per heavy atom. The van der Waals surface area contributed by atoms with Gasteiger partial charge >= 0.3 is 0 Å². The van der Waals surface area contributed by atoms with Crippen LogP contribution in [-0.2, 0) is 0 Å². The second kappa shape index (κ2) is 3.23. The fourth-order valence-corrected chi connectivity index (χ4v) is 1.54. The smallest absolute Gasteiger partial charge is 0.109 e. The molecule has 1 aliphatic carbocycles. The number of nitrogens with zero attached hydrogens (tertiary/aromatic N) is 1. The van der Waals surface area contributed by atoms with E-state index in [1.807, 2.05) is 0 Å². The van der Waals surface area contributed by atoms with Crippen LogP contribution < -0.4 is 5.32 Å². The minimum Gasteiger partial charge on any atom is -0.299 e. The van der Waals surface area contributed by atoms with E-state index in [0.29, 0.717) is 5.92 Å². The van der Waals surface area contributed by atoms with Crippen LogP contribution in [0.2, 0.25) is 0 Å². The third-order valence-electron chi connectivity index (χ3n) is 2.70. The average molecular weight is 152 g/mol. The van der Waals surface area contributed by atoms with Gasteiger partial charge in [0.25, 0.3) is 0 Å². The summed E-state index contributed by atoms with van der Waals surface area (Å²) < 4.78 is 0. The molecule has 1 fully saturated rings. The van der Waals surface area contributed by atoms with E-state index >= 15 is 0 Å². The molecule has 0 bridgehead atoms. The maximum Gasteiger partial charge on any atom is 0.109 e. The molecule has 0 spiro atoms. The zero-order valence-corrected chi connectivity index (χ0v) is 7.35. The van der Waals surface area contributed by atoms with Crippen LogP contribution in [0.15, 0.2) is 0 Å². The summed E-state index contributed by atoms with van der Waals surface area (Å²) >= 11 is 0. The molecular weight excluding hydrogens is 136 g/mol. The minimum atomic E-state index is -0.171. The van der Waals surface area contributed by atoms with Crippen LogP contribution in [0.5, 0.6) is 0 Å². The molecule has 0 radical (unpaired) electrons. The SMILES string of the molecule is CCCNC1(C#N)CCC1C. The van der Waals surface area contributed by atoms with Crippen molar-refractivity contribution in [2.24, 2.45) is 5.92 Å². The molecule has 11 heavy (non-hydrogen) atoms. The topological polar surface area (TPSA) is 35.8 Å². The van der Waals surface area contributed by atoms with E-state index in [-0.39, 0.29) is 5.54 Å². The molecule has 0 aromatic rings. The molecule has 0 heterocycles. The summed E-state index contributed by atoms with van der Waals surface area (Å²) in [6, 6.07) is 2.39. The van der Waals surface area contributed by atoms with Crippen LogP contribution in [0.3, 0.4) is 0 Å². The van der Waals surface area contributed by atoms with Crippen molar-refractivity contribution < 1.29 is 0 Å². The van der Waals surface area contributed by atoms with Gasteiger partial charge in [0.2, 0.25) is 0 Å². The number of hydrogen-bond acceptors (Lipinski definition) is 2. The Morgan fingerprint density at radius 3 is 2.73 bits per heavy atom. The molecule has 0 amide bonds. The first-order valence-electron chi connectivity index (χ1n) is 4.41. The number of nitrogens with one attached hydrogen (secondary N) is 1. The van der Waals surface area contributed by atoms with Crippen molar-refractivity contribution in [3.05, 3.63) is 0 Å². The van der Waals surface area contributed by atoms with E-state index < -0.39 is 0 Å². The fourth-order valence-electron chi connectivity index (χ4n) is 1.54. The lowest BCUT2D eigenvalue weighted by atomic mass is 9.68. The predicted octanol–water partition coefficient (Wildman–Crippen LogP) is 1.68. The Morgan fingerprint density at radius 1 is 1.73 bits per heavy atom. The molecule has 1 aliphatic rings. The highest BCUT2D eigenvalue weighted by molar-refractivity contribution is 5.15. The maximum atomic E-state index is 8.92. The summed E-state index contributed by atoms with van der Waals surface area (Å²) in [6.45, 7) is 5.24. The van der Waals surface area contributed by atoms with Crippen LogP contribution >= 0.6 is 0 Å². The van der Waals surface area contributed by atoms with Gasteiger partial charge in [0.1, 0.15) is 5.54 Å². The second-order valence-corrected chi connectivity index (χ2v) is 3.45. The quantitative estimate of drug-likeness (QED) is 0.667. The molecule has 1 rings (SSSR count). The van der Waals surface area contributed by atoms with Gasteiger partial charge in [-0.3, -0.25) is 5.32 Å². The van der Waals surface area contributed by atoms with E-state index in [4.69, 9.17) is 5.26 Å². The Bertz CT molecular complexity index is 171. The minimum absolute atomic E-state index is 0.171. The first-order valence-corrected chi connectivity index (χ1v) is 4.41. The predicted molar refractivity (Wildman–Crippen MR) is 45.0 cm³/mol. The number of rotatable bonds is 3. The summed E-state index contributed by atoms with van der Waals surface area (Å²) in [5.74, 6) is 0.541. The number of hydrogen-bond donors (Lipinski definition) is 1.